The van der Waals surface area contributed by atoms with Crippen LogP contribution in [-0.4, -0.2) is 12.3 Å². The molecule has 0 amide bonds. The van der Waals surface area contributed by atoms with Crippen LogP contribution in [0.5, 0.6) is 0 Å². The lowest BCUT2D eigenvalue weighted by Crippen LogP contribution is -2.26. The molecule has 3 rings (SSSR count). The molecule has 0 fully saturated rings. The molecule has 30 heavy (non-hydrogen) atoms. The number of rotatable bonds is 13. The van der Waals surface area contributed by atoms with Gasteiger partial charge >= 0.3 is 0 Å². The normalized spacial score (nSPS) is 11.5. The summed E-state index contributed by atoms with van der Waals surface area (Å²) < 4.78 is -0.176. The van der Waals surface area contributed by atoms with E-state index < -0.39 is 0 Å². The lowest BCUT2D eigenvalue weighted by Gasteiger charge is -2.35. The smallest absolute Gasteiger partial charge is 0.0906 e. The molecule has 0 saturated carbocycles. The molecule has 0 unspecified atom stereocenters. The quantitative estimate of drug-likeness (QED) is 0.231. The van der Waals surface area contributed by atoms with Crippen LogP contribution in [-0.2, 0) is 4.75 Å². The van der Waals surface area contributed by atoms with Crippen molar-refractivity contribution in [2.45, 2.75) is 49.7 Å². The van der Waals surface area contributed by atoms with Gasteiger partial charge in [0.25, 0.3) is 0 Å². The van der Waals surface area contributed by atoms with Crippen molar-refractivity contribution in [1.29, 1.82) is 0 Å². The van der Waals surface area contributed by atoms with Gasteiger partial charge in [0.1, 0.15) is 0 Å². The van der Waals surface area contributed by atoms with Gasteiger partial charge in [-0.1, -0.05) is 123 Å². The Balaban J connectivity index is 1.77. The highest BCUT2D eigenvalue weighted by Crippen LogP contribution is 2.48. The van der Waals surface area contributed by atoms with Gasteiger partial charge in [0, 0.05) is 0 Å². The van der Waals surface area contributed by atoms with Crippen LogP contribution in [0.15, 0.2) is 91.0 Å². The van der Waals surface area contributed by atoms with Gasteiger partial charge in [0.2, 0.25) is 0 Å². The first kappa shape index (κ1) is 22.7. The summed E-state index contributed by atoms with van der Waals surface area (Å²) in [6, 6.07) is 33.0. The fourth-order valence-electron chi connectivity index (χ4n) is 4.12. The lowest BCUT2D eigenvalue weighted by molar-refractivity contribution is 0.594. The first-order valence-corrected chi connectivity index (χ1v) is 12.4. The summed E-state index contributed by atoms with van der Waals surface area (Å²) in [4.78, 5) is 0. The number of nitrogens with two attached hydrogens (primary N) is 1. The van der Waals surface area contributed by atoms with Crippen LogP contribution < -0.4 is 5.73 Å². The minimum absolute atomic E-state index is 0.176. The van der Waals surface area contributed by atoms with E-state index in [-0.39, 0.29) is 4.75 Å². The van der Waals surface area contributed by atoms with E-state index in [9.17, 15) is 0 Å². The molecule has 158 valence electrons. The fourth-order valence-corrected chi connectivity index (χ4v) is 5.69. The number of unbranched alkanes of at least 4 members (excludes halogenated alkanes) is 6. The molecule has 0 spiro atoms. The standard InChI is InChI=1S/C28H35NS/c29-23-15-4-2-1-3-5-16-24-30-28(25-17-9-6-10-18-25,26-19-11-7-12-20-26)27-21-13-8-14-22-27/h6-14,17-22H,1-5,15-16,23-24,29H2. The Morgan fingerprint density at radius 1 is 0.500 bits per heavy atom. The van der Waals surface area contributed by atoms with E-state index >= 15 is 0 Å². The maximum Gasteiger partial charge on any atom is 0.0906 e. The molecule has 2 heteroatoms. The highest BCUT2D eigenvalue weighted by atomic mass is 32.2. The van der Waals surface area contributed by atoms with Crippen LogP contribution in [0.3, 0.4) is 0 Å². The highest BCUT2D eigenvalue weighted by Gasteiger charge is 2.36. The van der Waals surface area contributed by atoms with Crippen LogP contribution >= 0.6 is 11.8 Å². The van der Waals surface area contributed by atoms with Gasteiger partial charge in [-0.05, 0) is 41.8 Å². The van der Waals surface area contributed by atoms with Crippen molar-refractivity contribution >= 4 is 11.8 Å². The molecule has 0 saturated heterocycles. The molecule has 3 aromatic rings. The third-order valence-electron chi connectivity index (χ3n) is 5.71. The van der Waals surface area contributed by atoms with Gasteiger partial charge in [0.05, 0.1) is 4.75 Å². The summed E-state index contributed by atoms with van der Waals surface area (Å²) in [6.45, 7) is 0.831. The van der Waals surface area contributed by atoms with Crippen LogP contribution in [0.25, 0.3) is 0 Å². The first-order valence-electron chi connectivity index (χ1n) is 11.4. The van der Waals surface area contributed by atoms with Crippen molar-refractivity contribution in [2.24, 2.45) is 5.73 Å². The topological polar surface area (TPSA) is 26.0 Å². The number of hydrogen-bond acceptors (Lipinski definition) is 2. The highest BCUT2D eigenvalue weighted by molar-refractivity contribution is 8.00. The maximum atomic E-state index is 5.59. The molecular weight excluding hydrogens is 382 g/mol. The molecule has 0 aliphatic heterocycles. The molecule has 0 aliphatic rings. The van der Waals surface area contributed by atoms with Crippen molar-refractivity contribution in [2.75, 3.05) is 12.3 Å². The van der Waals surface area contributed by atoms with Gasteiger partial charge in [0.15, 0.2) is 0 Å². The molecule has 2 N–H and O–H groups in total. The molecule has 0 aliphatic carbocycles. The monoisotopic (exact) mass is 417 g/mol. The summed E-state index contributed by atoms with van der Waals surface area (Å²) >= 11 is 2.08. The summed E-state index contributed by atoms with van der Waals surface area (Å²) in [6.07, 6.45) is 9.02. The average molecular weight is 418 g/mol. The summed E-state index contributed by atoms with van der Waals surface area (Å²) in [7, 11) is 0. The van der Waals surface area contributed by atoms with Crippen molar-refractivity contribution in [3.05, 3.63) is 108 Å². The molecule has 3 aromatic carbocycles. The number of hydrogen-bond donors (Lipinski definition) is 1. The van der Waals surface area contributed by atoms with Crippen LogP contribution in [0, 0.1) is 0 Å². The lowest BCUT2D eigenvalue weighted by atomic mass is 9.84. The van der Waals surface area contributed by atoms with Crippen molar-refractivity contribution < 1.29 is 0 Å². The molecule has 0 bridgehead atoms. The second-order valence-corrected chi connectivity index (χ2v) is 9.20. The van der Waals surface area contributed by atoms with E-state index in [1.807, 2.05) is 0 Å². The maximum absolute atomic E-state index is 5.59. The Kier molecular flexibility index (Phi) is 9.53. The Morgan fingerprint density at radius 2 is 0.867 bits per heavy atom. The van der Waals surface area contributed by atoms with E-state index in [1.165, 1.54) is 61.6 Å². The molecule has 0 heterocycles. The van der Waals surface area contributed by atoms with Crippen molar-refractivity contribution in [3.8, 4) is 0 Å². The Bertz CT molecular complexity index is 720. The van der Waals surface area contributed by atoms with Crippen LogP contribution in [0.4, 0.5) is 0 Å². The summed E-state index contributed by atoms with van der Waals surface area (Å²) in [5, 5.41) is 0. The largest absolute Gasteiger partial charge is 0.330 e. The minimum atomic E-state index is -0.176. The number of benzene rings is 3. The van der Waals surface area contributed by atoms with E-state index in [0.29, 0.717) is 0 Å². The molecule has 1 nitrogen and oxygen atoms in total. The fraction of sp³-hybridized carbons (Fsp3) is 0.357. The van der Waals surface area contributed by atoms with Gasteiger partial charge in [-0.3, -0.25) is 0 Å². The zero-order valence-electron chi connectivity index (χ0n) is 18.0. The zero-order valence-corrected chi connectivity index (χ0v) is 18.8. The second kappa shape index (κ2) is 12.6. The molecule has 0 radical (unpaired) electrons. The van der Waals surface area contributed by atoms with Gasteiger partial charge in [-0.2, -0.15) is 0 Å². The zero-order chi connectivity index (χ0) is 20.9. The van der Waals surface area contributed by atoms with Crippen molar-refractivity contribution in [1.82, 2.24) is 0 Å². The first-order chi connectivity index (χ1) is 14.9. The Morgan fingerprint density at radius 3 is 1.27 bits per heavy atom. The van der Waals surface area contributed by atoms with Gasteiger partial charge < -0.3 is 5.73 Å². The molecular formula is C28H35NS. The van der Waals surface area contributed by atoms with E-state index in [4.69, 9.17) is 5.73 Å². The third-order valence-corrected chi connectivity index (χ3v) is 7.34. The average Bonchev–Trinajstić information content (AvgIpc) is 2.82. The van der Waals surface area contributed by atoms with Gasteiger partial charge in [-0.15, -0.1) is 11.8 Å². The molecule has 0 atom stereocenters. The van der Waals surface area contributed by atoms with Crippen LogP contribution in [0.1, 0.15) is 61.6 Å². The summed E-state index contributed by atoms with van der Waals surface area (Å²) in [5.74, 6) is 1.15. The second-order valence-electron chi connectivity index (χ2n) is 7.89. The van der Waals surface area contributed by atoms with Crippen LogP contribution in [0.2, 0.25) is 0 Å². The van der Waals surface area contributed by atoms with E-state index in [1.54, 1.807) is 0 Å². The summed E-state index contributed by atoms with van der Waals surface area (Å²) in [5.41, 5.74) is 9.66. The van der Waals surface area contributed by atoms with E-state index in [0.717, 1.165) is 12.3 Å². The van der Waals surface area contributed by atoms with E-state index in [2.05, 4.69) is 103 Å². The van der Waals surface area contributed by atoms with Gasteiger partial charge in [-0.25, -0.2) is 0 Å². The number of thioether (sulfide) groups is 1. The minimum Gasteiger partial charge on any atom is -0.330 e. The predicted molar refractivity (Wildman–Crippen MR) is 133 cm³/mol. The molecule has 0 aromatic heterocycles. The van der Waals surface area contributed by atoms with Crippen molar-refractivity contribution in [3.63, 3.8) is 0 Å². The SMILES string of the molecule is NCCCCCCCCCSC(c1ccccc1)(c1ccccc1)c1ccccc1. The predicted octanol–water partition coefficient (Wildman–Crippen LogP) is 7.40. The third kappa shape index (κ3) is 6.00. The Labute approximate surface area is 187 Å². The Hall–Kier alpha value is -2.03.